The molecule has 5 nitrogen and oxygen atoms in total. The van der Waals surface area contributed by atoms with Crippen molar-refractivity contribution in [2.75, 3.05) is 12.3 Å². The van der Waals surface area contributed by atoms with Gasteiger partial charge in [0, 0.05) is 31.2 Å². The van der Waals surface area contributed by atoms with Crippen LogP contribution in [0.2, 0.25) is 0 Å². The van der Waals surface area contributed by atoms with Crippen LogP contribution >= 0.6 is 21.6 Å². The molecule has 1 aliphatic rings. The van der Waals surface area contributed by atoms with Crippen LogP contribution in [0.5, 0.6) is 0 Å². The van der Waals surface area contributed by atoms with Crippen molar-refractivity contribution in [2.45, 2.75) is 38.1 Å². The van der Waals surface area contributed by atoms with Crippen LogP contribution in [0, 0.1) is 0 Å². The van der Waals surface area contributed by atoms with E-state index in [0.29, 0.717) is 12.2 Å². The molecule has 0 saturated carbocycles. The average Bonchev–Trinajstić information content (AvgIpc) is 2.86. The average molecular weight is 340 g/mol. The molecule has 1 aliphatic heterocycles. The third kappa shape index (κ3) is 6.19. The van der Waals surface area contributed by atoms with Gasteiger partial charge in [0.2, 0.25) is 11.8 Å². The molecule has 0 aliphatic carbocycles. The SMILES string of the molecule is CC.O=C(CCSSc1ccccn1)CN1C(=O)CCC1=O. The van der Waals surface area contributed by atoms with E-state index in [2.05, 4.69) is 4.98 Å². The predicted molar refractivity (Wildman–Crippen MR) is 89.5 cm³/mol. The number of hydrogen-bond donors (Lipinski definition) is 0. The number of imide groups is 1. The Bertz CT molecular complexity index is 493. The minimum atomic E-state index is -0.237. The first-order valence-corrected chi connectivity index (χ1v) is 9.54. The van der Waals surface area contributed by atoms with Crippen LogP contribution in [0.4, 0.5) is 0 Å². The van der Waals surface area contributed by atoms with E-state index in [1.807, 2.05) is 32.0 Å². The molecular formula is C15H20N2O3S2. The number of ketones is 1. The van der Waals surface area contributed by atoms with Crippen molar-refractivity contribution >= 4 is 39.2 Å². The number of carbonyl (C=O) groups is 3. The van der Waals surface area contributed by atoms with Gasteiger partial charge in [-0.1, -0.05) is 30.7 Å². The topological polar surface area (TPSA) is 67.3 Å². The smallest absolute Gasteiger partial charge is 0.230 e. The molecule has 0 unspecified atom stereocenters. The van der Waals surface area contributed by atoms with Crippen LogP contribution in [0.25, 0.3) is 0 Å². The van der Waals surface area contributed by atoms with Crippen LogP contribution < -0.4 is 0 Å². The molecular weight excluding hydrogens is 320 g/mol. The van der Waals surface area contributed by atoms with Crippen molar-refractivity contribution in [2.24, 2.45) is 0 Å². The Kier molecular flexibility index (Phi) is 8.84. The summed E-state index contributed by atoms with van der Waals surface area (Å²) < 4.78 is 0. The fraction of sp³-hybridized carbons (Fsp3) is 0.467. The zero-order chi connectivity index (χ0) is 16.4. The number of likely N-dealkylation sites (tertiary alicyclic amines) is 1. The second kappa shape index (κ2) is 10.4. The number of nitrogens with zero attached hydrogens (tertiary/aromatic N) is 2. The lowest BCUT2D eigenvalue weighted by atomic mass is 10.3. The summed E-state index contributed by atoms with van der Waals surface area (Å²) in [5.74, 6) is 0.0801. The van der Waals surface area contributed by atoms with Crippen molar-refractivity contribution in [1.82, 2.24) is 9.88 Å². The Morgan fingerprint density at radius 3 is 2.50 bits per heavy atom. The van der Waals surface area contributed by atoms with E-state index in [-0.39, 0.29) is 37.0 Å². The maximum absolute atomic E-state index is 11.7. The molecule has 0 spiro atoms. The molecule has 22 heavy (non-hydrogen) atoms. The summed E-state index contributed by atoms with van der Waals surface area (Å²) in [6, 6.07) is 5.66. The summed E-state index contributed by atoms with van der Waals surface area (Å²) in [5.41, 5.74) is 0. The van der Waals surface area contributed by atoms with Gasteiger partial charge in [0.25, 0.3) is 0 Å². The standard InChI is InChI=1S/C13H14N2O3S2.C2H6/c16-10(9-15-12(17)4-5-13(15)18)6-8-19-20-11-3-1-2-7-14-11;1-2/h1-3,7H,4-6,8-9H2;1-2H3. The molecule has 2 amide bonds. The van der Waals surface area contributed by atoms with Crippen molar-refractivity contribution in [3.05, 3.63) is 24.4 Å². The lowest BCUT2D eigenvalue weighted by Gasteiger charge is -2.12. The van der Waals surface area contributed by atoms with Crippen LogP contribution in [-0.4, -0.2) is 39.8 Å². The number of aromatic nitrogens is 1. The molecule has 1 saturated heterocycles. The maximum atomic E-state index is 11.7. The van der Waals surface area contributed by atoms with Gasteiger partial charge in [-0.3, -0.25) is 19.3 Å². The van der Waals surface area contributed by atoms with Crippen LogP contribution in [0.1, 0.15) is 33.1 Å². The second-order valence-corrected chi connectivity index (χ2v) is 6.67. The lowest BCUT2D eigenvalue weighted by Crippen LogP contribution is -2.34. The highest BCUT2D eigenvalue weighted by molar-refractivity contribution is 8.76. The van der Waals surface area contributed by atoms with Gasteiger partial charge in [-0.05, 0) is 22.9 Å². The molecule has 7 heteroatoms. The zero-order valence-corrected chi connectivity index (χ0v) is 14.4. The summed E-state index contributed by atoms with van der Waals surface area (Å²) in [5, 5.41) is 0.898. The molecule has 0 radical (unpaired) electrons. The Balaban J connectivity index is 0.00000116. The Hall–Kier alpha value is -1.34. The summed E-state index contributed by atoms with van der Waals surface area (Å²) in [6.45, 7) is 3.92. The number of hydrogen-bond acceptors (Lipinski definition) is 6. The van der Waals surface area contributed by atoms with Gasteiger partial charge < -0.3 is 0 Å². The van der Waals surface area contributed by atoms with E-state index in [9.17, 15) is 14.4 Å². The van der Waals surface area contributed by atoms with E-state index >= 15 is 0 Å². The summed E-state index contributed by atoms with van der Waals surface area (Å²) in [7, 11) is 3.05. The Labute approximate surface area is 138 Å². The molecule has 1 aromatic heterocycles. The quantitative estimate of drug-likeness (QED) is 0.432. The van der Waals surface area contributed by atoms with E-state index in [1.165, 1.54) is 21.6 Å². The first-order chi connectivity index (χ1) is 10.7. The van der Waals surface area contributed by atoms with E-state index in [0.717, 1.165) is 9.93 Å². The van der Waals surface area contributed by atoms with Gasteiger partial charge in [-0.25, -0.2) is 4.98 Å². The monoisotopic (exact) mass is 340 g/mol. The molecule has 0 aromatic carbocycles. The Morgan fingerprint density at radius 2 is 1.91 bits per heavy atom. The molecule has 0 bridgehead atoms. The molecule has 2 rings (SSSR count). The Morgan fingerprint density at radius 1 is 1.23 bits per heavy atom. The predicted octanol–water partition coefficient (Wildman–Crippen LogP) is 2.96. The fourth-order valence-corrected chi connectivity index (χ4v) is 3.62. The third-order valence-corrected chi connectivity index (χ3v) is 5.00. The maximum Gasteiger partial charge on any atom is 0.230 e. The van der Waals surface area contributed by atoms with E-state index in [1.54, 1.807) is 6.20 Å². The van der Waals surface area contributed by atoms with Gasteiger partial charge >= 0.3 is 0 Å². The summed E-state index contributed by atoms with van der Waals surface area (Å²) in [6.07, 6.45) is 2.53. The van der Waals surface area contributed by atoms with Gasteiger partial charge in [-0.2, -0.15) is 0 Å². The highest BCUT2D eigenvalue weighted by Gasteiger charge is 2.29. The largest absolute Gasteiger partial charge is 0.298 e. The van der Waals surface area contributed by atoms with Crippen molar-refractivity contribution < 1.29 is 14.4 Å². The van der Waals surface area contributed by atoms with E-state index in [4.69, 9.17) is 0 Å². The number of rotatable bonds is 7. The van der Waals surface area contributed by atoms with Crippen LogP contribution in [-0.2, 0) is 14.4 Å². The fourth-order valence-electron chi connectivity index (χ4n) is 1.71. The lowest BCUT2D eigenvalue weighted by molar-refractivity contribution is -0.141. The molecule has 1 fully saturated rings. The van der Waals surface area contributed by atoms with Crippen LogP contribution in [0.3, 0.4) is 0 Å². The molecule has 2 heterocycles. The highest BCUT2D eigenvalue weighted by atomic mass is 33.1. The second-order valence-electron chi connectivity index (χ2n) is 4.24. The number of Topliss-reactive ketones (excluding diaryl/α,β-unsaturated/α-hetero) is 1. The van der Waals surface area contributed by atoms with Crippen LogP contribution in [0.15, 0.2) is 29.4 Å². The first kappa shape index (κ1) is 18.7. The molecule has 0 atom stereocenters. The number of pyridine rings is 1. The molecule has 0 N–H and O–H groups in total. The molecule has 120 valence electrons. The first-order valence-electron chi connectivity index (χ1n) is 7.22. The summed E-state index contributed by atoms with van der Waals surface area (Å²) >= 11 is 0. The van der Waals surface area contributed by atoms with Gasteiger partial charge in [0.1, 0.15) is 5.03 Å². The van der Waals surface area contributed by atoms with Gasteiger partial charge in [0.05, 0.1) is 6.54 Å². The van der Waals surface area contributed by atoms with Crippen molar-refractivity contribution in [3.63, 3.8) is 0 Å². The normalized spacial score (nSPS) is 13.8. The number of amides is 2. The zero-order valence-electron chi connectivity index (χ0n) is 12.8. The van der Waals surface area contributed by atoms with Gasteiger partial charge in [0.15, 0.2) is 5.78 Å². The minimum absolute atomic E-state index is 0.0769. The molecule has 1 aromatic rings. The highest BCUT2D eigenvalue weighted by Crippen LogP contribution is 2.29. The number of carbonyl (C=O) groups excluding carboxylic acids is 3. The van der Waals surface area contributed by atoms with Crippen molar-refractivity contribution in [3.8, 4) is 0 Å². The van der Waals surface area contributed by atoms with E-state index < -0.39 is 0 Å². The van der Waals surface area contributed by atoms with Crippen molar-refractivity contribution in [1.29, 1.82) is 0 Å². The minimum Gasteiger partial charge on any atom is -0.298 e. The summed E-state index contributed by atoms with van der Waals surface area (Å²) in [4.78, 5) is 39.7. The van der Waals surface area contributed by atoms with Gasteiger partial charge in [-0.15, -0.1) is 0 Å². The third-order valence-electron chi connectivity index (χ3n) is 2.74.